The Kier molecular flexibility index (Phi) is 20.3. The topological polar surface area (TPSA) is 356 Å². The van der Waals surface area contributed by atoms with Gasteiger partial charge in [-0.1, -0.05) is 0 Å². The van der Waals surface area contributed by atoms with E-state index in [1.165, 1.54) is 87.9 Å². The van der Waals surface area contributed by atoms with Gasteiger partial charge in [0.2, 0.25) is 17.6 Å². The minimum atomic E-state index is -0.629. The molecule has 0 saturated heterocycles. The number of rotatable bonds is 26. The Morgan fingerprint density at radius 3 is 1.18 bits per heavy atom. The standard InChI is InChI=1S/C58H70N20O10S/c1-33-49(62-32-89-33)57(87)67-38-23-44(76(8)29-38)55(85)65-36-21-42(74(6)27-36)53(83)63-34-19-40(72(4)25-34)51(81)60-15-11-13-48(80)69-46-31-78(10)50(70-46)58(88)68-39-24-45(77(9)30-39)56(86)66-37-22-43(75(7)28-37)54(84)64-35-20-41(73(5)26-35)52(82)61-17-14-47(79)59-16-12-18-71(2)3/h19-32H,11-18H2,1-10H3,(H,59,79)(H,60,81)(H,61,82)(H,63,83)(H,64,84)(H,65,85)(H,66,86)(H,67,87)(H,68,88)(H,69,80)/p+1. The first-order valence-corrected chi connectivity index (χ1v) is 28.9. The third-order valence-electron chi connectivity index (χ3n) is 14.0. The number of aromatic nitrogens is 9. The molecule has 89 heavy (non-hydrogen) atoms. The lowest BCUT2D eigenvalue weighted by Gasteiger charge is -2.09. The number of hydrogen-bond acceptors (Lipinski definition) is 13. The molecular weight excluding hydrogens is 1170 g/mol. The second kappa shape index (κ2) is 28.1. The monoisotopic (exact) mass is 1240 g/mol. The van der Waals surface area contributed by atoms with Crippen LogP contribution in [0.5, 0.6) is 0 Å². The summed E-state index contributed by atoms with van der Waals surface area (Å²) in [5.41, 5.74) is 5.24. The van der Waals surface area contributed by atoms with Crippen LogP contribution in [0.1, 0.15) is 115 Å². The highest BCUT2D eigenvalue weighted by atomic mass is 32.1. The molecule has 10 amide bonds. The van der Waals surface area contributed by atoms with Gasteiger partial charge in [-0.25, -0.2) is 9.97 Å². The van der Waals surface area contributed by atoms with Gasteiger partial charge in [0.15, 0.2) is 5.82 Å². The van der Waals surface area contributed by atoms with Crippen molar-refractivity contribution < 1.29 is 52.8 Å². The van der Waals surface area contributed by atoms with Gasteiger partial charge < -0.3 is 90.0 Å². The van der Waals surface area contributed by atoms with E-state index >= 15 is 0 Å². The SMILES string of the molecule is Cc1scnc1C(=O)Nc1cc(C(=O)Nc2cc(C(=O)Nc3cc(C(=O)NCCCC(=O)Nc4cn(C)c(C(=O)Nc5cc(C(=O)Nc6cc(C(=O)Nc7cc(C(=O)NCCC(=O)NCCC[NH+](C)C)n(C)c7)n(C)c6)n(C)c5)n4)n(C)c3)n(C)c2)n(C)c1. The number of thiazole rings is 1. The third kappa shape index (κ3) is 16.4. The van der Waals surface area contributed by atoms with Gasteiger partial charge in [-0.15, -0.1) is 11.3 Å². The maximum atomic E-state index is 13.5. The molecule has 0 aliphatic rings. The first-order valence-electron chi connectivity index (χ1n) is 28.0. The lowest BCUT2D eigenvalue weighted by atomic mass is 10.3. The second-order valence-electron chi connectivity index (χ2n) is 21.5. The maximum Gasteiger partial charge on any atom is 0.291 e. The molecule has 8 aromatic rings. The van der Waals surface area contributed by atoms with Crippen molar-refractivity contribution in [1.82, 2.24) is 57.9 Å². The molecule has 0 aromatic carbocycles. The Balaban J connectivity index is 0.747. The zero-order chi connectivity index (χ0) is 64.4. The van der Waals surface area contributed by atoms with Gasteiger partial charge in [0.25, 0.3) is 47.3 Å². The number of aryl methyl sites for hydroxylation is 8. The van der Waals surface area contributed by atoms with Crippen molar-refractivity contribution in [3.63, 3.8) is 0 Å². The van der Waals surface area contributed by atoms with Crippen LogP contribution in [-0.4, -0.2) is 141 Å². The van der Waals surface area contributed by atoms with E-state index in [4.69, 9.17) is 0 Å². The van der Waals surface area contributed by atoms with Gasteiger partial charge in [0, 0.05) is 136 Å². The van der Waals surface area contributed by atoms with Crippen molar-refractivity contribution in [2.75, 3.05) is 77.5 Å². The number of hydrogen-bond donors (Lipinski definition) is 11. The van der Waals surface area contributed by atoms with Crippen LogP contribution in [0.4, 0.5) is 39.9 Å². The molecule has 0 bridgehead atoms. The molecular formula is C58H71N20O10S+. The van der Waals surface area contributed by atoms with Crippen molar-refractivity contribution in [3.8, 4) is 0 Å². The summed E-state index contributed by atoms with van der Waals surface area (Å²) in [6.07, 6.45) is 12.1. The zero-order valence-corrected chi connectivity index (χ0v) is 51.6. The normalized spacial score (nSPS) is 11.0. The molecule has 0 atom stereocenters. The predicted molar refractivity (Wildman–Crippen MR) is 333 cm³/mol. The first-order chi connectivity index (χ1) is 42.3. The maximum absolute atomic E-state index is 13.5. The Bertz CT molecular complexity index is 4030. The largest absolute Gasteiger partial charge is 0.356 e. The average Bonchev–Trinajstić information content (AvgIpc) is 2.86. The Morgan fingerprint density at radius 2 is 0.787 bits per heavy atom. The van der Waals surface area contributed by atoms with Gasteiger partial charge in [-0.3, -0.25) is 47.9 Å². The van der Waals surface area contributed by atoms with Gasteiger partial charge in [0.1, 0.15) is 39.9 Å². The average molecular weight is 1240 g/mol. The molecule has 8 aromatic heterocycles. The summed E-state index contributed by atoms with van der Waals surface area (Å²) in [4.78, 5) is 141. The molecule has 31 heteroatoms. The molecule has 0 aliphatic carbocycles. The van der Waals surface area contributed by atoms with E-state index < -0.39 is 53.2 Å². The van der Waals surface area contributed by atoms with Crippen molar-refractivity contribution in [3.05, 3.63) is 136 Å². The van der Waals surface area contributed by atoms with E-state index in [0.717, 1.165) is 17.8 Å². The minimum Gasteiger partial charge on any atom is -0.356 e. The number of imidazole rings is 1. The van der Waals surface area contributed by atoms with Crippen LogP contribution in [0.2, 0.25) is 0 Å². The van der Waals surface area contributed by atoms with Crippen LogP contribution < -0.4 is 58.1 Å². The van der Waals surface area contributed by atoms with E-state index in [9.17, 15) is 47.9 Å². The van der Waals surface area contributed by atoms with Gasteiger partial charge in [-0.2, -0.15) is 0 Å². The molecule has 0 unspecified atom stereocenters. The van der Waals surface area contributed by atoms with Crippen molar-refractivity contribution in [2.24, 2.45) is 49.3 Å². The second-order valence-corrected chi connectivity index (χ2v) is 22.5. The fourth-order valence-corrected chi connectivity index (χ4v) is 10.0. The third-order valence-corrected chi connectivity index (χ3v) is 14.7. The van der Waals surface area contributed by atoms with Crippen LogP contribution in [-0.2, 0) is 58.9 Å². The molecule has 468 valence electrons. The molecule has 11 N–H and O–H groups in total. The highest BCUT2D eigenvalue weighted by Crippen LogP contribution is 2.24. The molecule has 30 nitrogen and oxygen atoms in total. The lowest BCUT2D eigenvalue weighted by Crippen LogP contribution is -3.05. The van der Waals surface area contributed by atoms with Gasteiger partial charge in [-0.05, 0) is 49.7 Å². The zero-order valence-electron chi connectivity index (χ0n) is 50.8. The van der Waals surface area contributed by atoms with Crippen LogP contribution in [0.15, 0.2) is 85.3 Å². The smallest absolute Gasteiger partial charge is 0.291 e. The van der Waals surface area contributed by atoms with Crippen LogP contribution in [0.3, 0.4) is 0 Å². The highest BCUT2D eigenvalue weighted by molar-refractivity contribution is 7.09. The summed E-state index contributed by atoms with van der Waals surface area (Å²) in [5.74, 6) is -4.44. The van der Waals surface area contributed by atoms with E-state index in [0.29, 0.717) is 40.7 Å². The van der Waals surface area contributed by atoms with Crippen molar-refractivity contribution >= 4 is 110 Å². The van der Waals surface area contributed by atoms with Crippen molar-refractivity contribution in [1.29, 1.82) is 0 Å². The first kappa shape index (κ1) is 64.2. The molecule has 8 rings (SSSR count). The van der Waals surface area contributed by atoms with Crippen LogP contribution in [0.25, 0.3) is 0 Å². The molecule has 0 spiro atoms. The predicted octanol–water partition coefficient (Wildman–Crippen LogP) is 2.65. The Hall–Kier alpha value is -10.8. The minimum absolute atomic E-state index is 0.00431. The number of nitrogens with zero attached hydrogens (tertiary/aromatic N) is 9. The molecule has 0 fully saturated rings. The summed E-state index contributed by atoms with van der Waals surface area (Å²) < 4.78 is 10.6. The number of carbonyl (C=O) groups is 10. The molecule has 0 saturated carbocycles. The fourth-order valence-electron chi connectivity index (χ4n) is 9.46. The number of amides is 10. The Morgan fingerprint density at radius 1 is 0.416 bits per heavy atom. The van der Waals surface area contributed by atoms with E-state index in [-0.39, 0.29) is 89.8 Å². The van der Waals surface area contributed by atoms with E-state index in [1.807, 2.05) is 14.1 Å². The highest BCUT2D eigenvalue weighted by Gasteiger charge is 2.24. The quantitative estimate of drug-likeness (QED) is 0.0349. The van der Waals surface area contributed by atoms with E-state index in [2.05, 4.69) is 63.1 Å². The fraction of sp³-hybridized carbons (Fsp3) is 0.310. The molecule has 0 radical (unpaired) electrons. The van der Waals surface area contributed by atoms with Gasteiger partial charge >= 0.3 is 0 Å². The van der Waals surface area contributed by atoms with Crippen molar-refractivity contribution in [2.45, 2.75) is 32.6 Å². The molecule has 0 aliphatic heterocycles. The Labute approximate surface area is 514 Å². The molecule has 8 heterocycles. The summed E-state index contributed by atoms with van der Waals surface area (Å²) in [6.45, 7) is 3.55. The number of nitrogens with one attached hydrogen (secondary N) is 11. The summed E-state index contributed by atoms with van der Waals surface area (Å²) >= 11 is 1.35. The summed E-state index contributed by atoms with van der Waals surface area (Å²) in [7, 11) is 15.5. The van der Waals surface area contributed by atoms with E-state index in [1.54, 1.807) is 102 Å². The lowest BCUT2D eigenvalue weighted by molar-refractivity contribution is -0.858. The number of quaternary nitrogens is 1. The number of anilines is 7. The summed E-state index contributed by atoms with van der Waals surface area (Å²) in [5, 5.41) is 27.6. The number of carbonyl (C=O) groups excluding carboxylic acids is 10. The van der Waals surface area contributed by atoms with Crippen LogP contribution >= 0.6 is 11.3 Å². The van der Waals surface area contributed by atoms with Gasteiger partial charge in [0.05, 0.1) is 60.3 Å². The van der Waals surface area contributed by atoms with Crippen LogP contribution in [0, 0.1) is 6.92 Å². The summed E-state index contributed by atoms with van der Waals surface area (Å²) in [6, 6.07) is 8.99.